The summed E-state index contributed by atoms with van der Waals surface area (Å²) in [7, 11) is 0. The lowest BCUT2D eigenvalue weighted by Gasteiger charge is -1.95. The van der Waals surface area contributed by atoms with Crippen molar-refractivity contribution in [2.75, 3.05) is 6.54 Å². The van der Waals surface area contributed by atoms with Gasteiger partial charge in [-0.25, -0.2) is 4.98 Å². The highest BCUT2D eigenvalue weighted by Gasteiger charge is 2.22. The summed E-state index contributed by atoms with van der Waals surface area (Å²) >= 11 is 1.82. The second-order valence-corrected chi connectivity index (χ2v) is 4.60. The molecule has 72 valence electrons. The molecule has 0 bridgehead atoms. The molecule has 0 aliphatic heterocycles. The number of rotatable bonds is 5. The summed E-state index contributed by atoms with van der Waals surface area (Å²) in [5.41, 5.74) is 1.21. The summed E-state index contributed by atoms with van der Waals surface area (Å²) in [4.78, 5) is 4.58. The zero-order valence-electron chi connectivity index (χ0n) is 8.05. The van der Waals surface area contributed by atoms with Gasteiger partial charge >= 0.3 is 0 Å². The molecule has 0 spiro atoms. The molecule has 1 aliphatic carbocycles. The second kappa shape index (κ2) is 4.20. The van der Waals surface area contributed by atoms with Crippen molar-refractivity contribution in [1.82, 2.24) is 10.3 Å². The van der Waals surface area contributed by atoms with E-state index >= 15 is 0 Å². The van der Waals surface area contributed by atoms with Gasteiger partial charge in [-0.1, -0.05) is 6.92 Å². The highest BCUT2D eigenvalue weighted by Crippen LogP contribution is 2.33. The zero-order chi connectivity index (χ0) is 9.10. The number of hydrogen-bond acceptors (Lipinski definition) is 3. The molecule has 1 aromatic heterocycles. The van der Waals surface area contributed by atoms with Crippen molar-refractivity contribution in [1.29, 1.82) is 0 Å². The average Bonchev–Trinajstić information content (AvgIpc) is 2.81. The van der Waals surface area contributed by atoms with Crippen LogP contribution >= 0.6 is 11.3 Å². The highest BCUT2D eigenvalue weighted by molar-refractivity contribution is 7.09. The Kier molecular flexibility index (Phi) is 2.96. The van der Waals surface area contributed by atoms with Crippen LogP contribution in [-0.2, 0) is 13.0 Å². The molecule has 3 heteroatoms. The van der Waals surface area contributed by atoms with Gasteiger partial charge in [0, 0.05) is 18.3 Å². The summed E-state index contributed by atoms with van der Waals surface area (Å²) in [6.45, 7) is 4.07. The molecule has 1 aliphatic rings. The Morgan fingerprint density at radius 2 is 2.46 bits per heavy atom. The van der Waals surface area contributed by atoms with Crippen LogP contribution < -0.4 is 5.32 Å². The number of nitrogens with zero attached hydrogens (tertiary/aromatic N) is 1. The van der Waals surface area contributed by atoms with Crippen LogP contribution in [0.15, 0.2) is 5.38 Å². The third kappa shape index (κ3) is 2.78. The number of hydrogen-bond donors (Lipinski definition) is 1. The van der Waals surface area contributed by atoms with E-state index in [-0.39, 0.29) is 0 Å². The van der Waals surface area contributed by atoms with E-state index in [1.165, 1.54) is 30.0 Å². The van der Waals surface area contributed by atoms with E-state index in [4.69, 9.17) is 0 Å². The quantitative estimate of drug-likeness (QED) is 0.781. The van der Waals surface area contributed by atoms with Gasteiger partial charge in [0.2, 0.25) is 0 Å². The molecule has 1 saturated carbocycles. The van der Waals surface area contributed by atoms with Gasteiger partial charge in [0.05, 0.1) is 10.7 Å². The molecule has 2 rings (SSSR count). The number of nitrogens with one attached hydrogen (secondary N) is 1. The Morgan fingerprint density at radius 1 is 1.62 bits per heavy atom. The van der Waals surface area contributed by atoms with Gasteiger partial charge in [-0.05, 0) is 25.3 Å². The molecule has 0 saturated heterocycles. The largest absolute Gasteiger partial charge is 0.311 e. The molecule has 13 heavy (non-hydrogen) atoms. The minimum absolute atomic E-state index is 0.928. The third-order valence-corrected chi connectivity index (χ3v) is 3.24. The van der Waals surface area contributed by atoms with E-state index in [1.54, 1.807) is 0 Å². The lowest BCUT2D eigenvalue weighted by Crippen LogP contribution is -2.11. The molecule has 1 N–H and O–H groups in total. The molecule has 0 unspecified atom stereocenters. The smallest absolute Gasteiger partial charge is 0.0931 e. The lowest BCUT2D eigenvalue weighted by atomic mass is 10.3. The fourth-order valence-electron chi connectivity index (χ4n) is 1.35. The first kappa shape index (κ1) is 9.16. The predicted molar refractivity (Wildman–Crippen MR) is 55.9 cm³/mol. The zero-order valence-corrected chi connectivity index (χ0v) is 8.86. The van der Waals surface area contributed by atoms with Gasteiger partial charge in [-0.15, -0.1) is 11.3 Å². The summed E-state index contributed by atoms with van der Waals surface area (Å²) in [6.07, 6.45) is 4.06. The fourth-order valence-corrected chi connectivity index (χ4v) is 2.26. The van der Waals surface area contributed by atoms with Crippen LogP contribution in [0.3, 0.4) is 0 Å². The SMILES string of the molecule is CCNCc1csc(CC2CC2)n1. The summed E-state index contributed by atoms with van der Waals surface area (Å²) in [6, 6.07) is 0. The van der Waals surface area contributed by atoms with E-state index < -0.39 is 0 Å². The minimum atomic E-state index is 0.928. The van der Waals surface area contributed by atoms with Crippen LogP contribution in [0.25, 0.3) is 0 Å². The Bertz CT molecular complexity index is 266. The second-order valence-electron chi connectivity index (χ2n) is 3.66. The maximum atomic E-state index is 4.58. The molecule has 0 amide bonds. The van der Waals surface area contributed by atoms with Gasteiger partial charge in [0.1, 0.15) is 0 Å². The first-order chi connectivity index (χ1) is 6.38. The van der Waals surface area contributed by atoms with E-state index in [2.05, 4.69) is 22.6 Å². The molecule has 2 nitrogen and oxygen atoms in total. The van der Waals surface area contributed by atoms with Crippen LogP contribution in [0.5, 0.6) is 0 Å². The Hall–Kier alpha value is -0.410. The molecule has 1 heterocycles. The fraction of sp³-hybridized carbons (Fsp3) is 0.700. The standard InChI is InChI=1S/C10H16N2S/c1-2-11-6-9-7-13-10(12-9)5-8-3-4-8/h7-8,11H,2-6H2,1H3. The van der Waals surface area contributed by atoms with Crippen molar-refractivity contribution in [2.45, 2.75) is 32.7 Å². The van der Waals surface area contributed by atoms with Crippen LogP contribution in [0.4, 0.5) is 0 Å². The summed E-state index contributed by atoms with van der Waals surface area (Å²) in [5.74, 6) is 0.957. The maximum absolute atomic E-state index is 4.58. The van der Waals surface area contributed by atoms with Gasteiger partial charge in [0.25, 0.3) is 0 Å². The van der Waals surface area contributed by atoms with Crippen LogP contribution in [0.1, 0.15) is 30.5 Å². The van der Waals surface area contributed by atoms with Crippen molar-refractivity contribution in [3.8, 4) is 0 Å². The molecular formula is C10H16N2S. The van der Waals surface area contributed by atoms with Crippen LogP contribution in [0.2, 0.25) is 0 Å². The van der Waals surface area contributed by atoms with Crippen LogP contribution in [0, 0.1) is 5.92 Å². The van der Waals surface area contributed by atoms with Gasteiger partial charge in [0.15, 0.2) is 0 Å². The van der Waals surface area contributed by atoms with Crippen LogP contribution in [-0.4, -0.2) is 11.5 Å². The third-order valence-electron chi connectivity index (χ3n) is 2.32. The lowest BCUT2D eigenvalue weighted by molar-refractivity contribution is 0.708. The molecule has 1 aromatic rings. The van der Waals surface area contributed by atoms with Crippen molar-refractivity contribution >= 4 is 11.3 Å². The van der Waals surface area contributed by atoms with Gasteiger partial charge in [-0.3, -0.25) is 0 Å². The first-order valence-corrected chi connectivity index (χ1v) is 5.90. The maximum Gasteiger partial charge on any atom is 0.0931 e. The monoisotopic (exact) mass is 196 g/mol. The van der Waals surface area contributed by atoms with E-state index in [0.29, 0.717) is 0 Å². The highest BCUT2D eigenvalue weighted by atomic mass is 32.1. The topological polar surface area (TPSA) is 24.9 Å². The molecular weight excluding hydrogens is 180 g/mol. The van der Waals surface area contributed by atoms with E-state index in [1.807, 2.05) is 11.3 Å². The minimum Gasteiger partial charge on any atom is -0.311 e. The molecule has 0 aromatic carbocycles. The average molecular weight is 196 g/mol. The van der Waals surface area contributed by atoms with Gasteiger partial charge < -0.3 is 5.32 Å². The van der Waals surface area contributed by atoms with Crippen molar-refractivity contribution in [2.24, 2.45) is 5.92 Å². The van der Waals surface area contributed by atoms with E-state index in [9.17, 15) is 0 Å². The Balaban J connectivity index is 1.84. The Morgan fingerprint density at radius 3 is 3.15 bits per heavy atom. The summed E-state index contributed by atoms with van der Waals surface area (Å²) < 4.78 is 0. The van der Waals surface area contributed by atoms with E-state index in [0.717, 1.165) is 19.0 Å². The predicted octanol–water partition coefficient (Wildman–Crippen LogP) is 2.21. The van der Waals surface area contributed by atoms with Gasteiger partial charge in [-0.2, -0.15) is 0 Å². The Labute approximate surface area is 83.4 Å². The number of thiazole rings is 1. The molecule has 1 fully saturated rings. The van der Waals surface area contributed by atoms with Crippen molar-refractivity contribution < 1.29 is 0 Å². The van der Waals surface area contributed by atoms with Crippen molar-refractivity contribution in [3.63, 3.8) is 0 Å². The molecule has 0 radical (unpaired) electrons. The first-order valence-electron chi connectivity index (χ1n) is 5.02. The normalized spacial score (nSPS) is 16.4. The summed E-state index contributed by atoms with van der Waals surface area (Å²) in [5, 5.41) is 6.80. The number of aromatic nitrogens is 1. The van der Waals surface area contributed by atoms with Crippen molar-refractivity contribution in [3.05, 3.63) is 16.1 Å². The molecule has 0 atom stereocenters.